The third-order valence-electron chi connectivity index (χ3n) is 0.625. The average Bonchev–Trinajstić information content (AvgIpc) is 1.89. The molecule has 0 saturated carbocycles. The third kappa shape index (κ3) is 5.39. The van der Waals surface area contributed by atoms with Crippen molar-refractivity contribution in [3.8, 4) is 0 Å². The molecule has 0 heterocycles. The molecule has 1 N–H and O–H groups in total. The highest BCUT2D eigenvalue weighted by Gasteiger charge is 1.91. The normalized spacial score (nSPS) is 8.56. The first-order chi connectivity index (χ1) is 4.31. The van der Waals surface area contributed by atoms with E-state index in [0.717, 1.165) is 6.08 Å². The van der Waals surface area contributed by atoms with E-state index in [1.165, 1.54) is 0 Å². The number of esters is 1. The molecule has 0 fully saturated rings. The predicted molar refractivity (Wildman–Crippen MR) is 38.1 cm³/mol. The SMILES string of the molecule is C=CC(=O)OCCNS. The number of rotatable bonds is 4. The summed E-state index contributed by atoms with van der Waals surface area (Å²) in [5, 5.41) is 0. The zero-order valence-electron chi connectivity index (χ0n) is 4.96. The van der Waals surface area contributed by atoms with Crippen molar-refractivity contribution in [1.82, 2.24) is 4.72 Å². The highest BCUT2D eigenvalue weighted by molar-refractivity contribution is 7.78. The van der Waals surface area contributed by atoms with Gasteiger partial charge in [0.15, 0.2) is 0 Å². The second-order valence-electron chi connectivity index (χ2n) is 1.28. The zero-order chi connectivity index (χ0) is 7.11. The molecule has 0 aromatic heterocycles. The molecule has 0 aliphatic carbocycles. The van der Waals surface area contributed by atoms with Crippen molar-refractivity contribution in [3.63, 3.8) is 0 Å². The summed E-state index contributed by atoms with van der Waals surface area (Å²) in [6.45, 7) is 4.10. The van der Waals surface area contributed by atoms with Gasteiger partial charge in [0.1, 0.15) is 6.61 Å². The molecule has 0 aromatic carbocycles. The second-order valence-corrected chi connectivity index (χ2v) is 1.60. The lowest BCUT2D eigenvalue weighted by atomic mass is 10.6. The van der Waals surface area contributed by atoms with Gasteiger partial charge in [0.25, 0.3) is 0 Å². The summed E-state index contributed by atoms with van der Waals surface area (Å²) < 4.78 is 7.09. The Labute approximate surface area is 59.6 Å². The Morgan fingerprint density at radius 3 is 3.00 bits per heavy atom. The Hall–Kier alpha value is -0.480. The molecule has 0 bridgehead atoms. The third-order valence-corrected chi connectivity index (χ3v) is 0.848. The first-order valence-corrected chi connectivity index (χ1v) is 2.92. The van der Waals surface area contributed by atoms with Gasteiger partial charge in [-0.05, 0) is 0 Å². The standard InChI is InChI=1S/C5H9NO2S/c1-2-5(7)8-4-3-6-9/h2,6,9H,1,3-4H2. The van der Waals surface area contributed by atoms with Crippen LogP contribution in [0.2, 0.25) is 0 Å². The van der Waals surface area contributed by atoms with Crippen molar-refractivity contribution >= 4 is 18.8 Å². The van der Waals surface area contributed by atoms with Crippen molar-refractivity contribution in [3.05, 3.63) is 12.7 Å². The molecule has 0 rings (SSSR count). The molecule has 0 saturated heterocycles. The maximum absolute atomic E-state index is 10.3. The van der Waals surface area contributed by atoms with Crippen LogP contribution in [0, 0.1) is 0 Å². The largest absolute Gasteiger partial charge is 0.461 e. The van der Waals surface area contributed by atoms with Crippen LogP contribution in [-0.2, 0) is 9.53 Å². The van der Waals surface area contributed by atoms with E-state index in [1.54, 1.807) is 0 Å². The minimum atomic E-state index is -0.404. The molecule has 0 aliphatic heterocycles. The molecule has 0 spiro atoms. The van der Waals surface area contributed by atoms with Gasteiger partial charge < -0.3 is 4.74 Å². The molecule has 0 amide bonds. The topological polar surface area (TPSA) is 38.3 Å². The Balaban J connectivity index is 3.07. The van der Waals surface area contributed by atoms with Crippen LogP contribution in [0.1, 0.15) is 0 Å². The number of carbonyl (C=O) groups is 1. The average molecular weight is 147 g/mol. The van der Waals surface area contributed by atoms with E-state index in [0.29, 0.717) is 13.2 Å². The molecular formula is C5H9NO2S. The van der Waals surface area contributed by atoms with Crippen LogP contribution in [0.4, 0.5) is 0 Å². The van der Waals surface area contributed by atoms with Crippen molar-refractivity contribution < 1.29 is 9.53 Å². The van der Waals surface area contributed by atoms with Gasteiger partial charge in [-0.2, -0.15) is 0 Å². The summed E-state index contributed by atoms with van der Waals surface area (Å²) in [5.41, 5.74) is 0. The predicted octanol–water partition coefficient (Wildman–Crippen LogP) is 0.150. The summed E-state index contributed by atoms with van der Waals surface area (Å²) in [6, 6.07) is 0. The number of hydrogen-bond donors (Lipinski definition) is 2. The second kappa shape index (κ2) is 5.65. The number of nitrogens with one attached hydrogen (secondary N) is 1. The lowest BCUT2D eigenvalue weighted by molar-refractivity contribution is -0.137. The molecule has 4 heteroatoms. The molecule has 52 valence electrons. The number of carbonyl (C=O) groups excluding carboxylic acids is 1. The monoisotopic (exact) mass is 147 g/mol. The molecule has 9 heavy (non-hydrogen) atoms. The highest BCUT2D eigenvalue weighted by Crippen LogP contribution is 1.76. The minimum Gasteiger partial charge on any atom is -0.461 e. The Morgan fingerprint density at radius 2 is 2.56 bits per heavy atom. The van der Waals surface area contributed by atoms with Gasteiger partial charge in [-0.15, -0.1) is 0 Å². The fourth-order valence-corrected chi connectivity index (χ4v) is 0.347. The Morgan fingerprint density at radius 1 is 1.89 bits per heavy atom. The van der Waals surface area contributed by atoms with Crippen LogP contribution < -0.4 is 4.72 Å². The lowest BCUT2D eigenvalue weighted by Crippen LogP contribution is -2.12. The van der Waals surface area contributed by atoms with Crippen LogP contribution in [0.3, 0.4) is 0 Å². The van der Waals surface area contributed by atoms with E-state index in [-0.39, 0.29) is 0 Å². The molecule has 0 aromatic rings. The maximum Gasteiger partial charge on any atom is 0.330 e. The van der Waals surface area contributed by atoms with Gasteiger partial charge in [0.2, 0.25) is 0 Å². The molecular weight excluding hydrogens is 138 g/mol. The summed E-state index contributed by atoms with van der Waals surface area (Å²) in [4.78, 5) is 10.3. The first-order valence-electron chi connectivity index (χ1n) is 2.47. The molecule has 3 nitrogen and oxygen atoms in total. The summed E-state index contributed by atoms with van der Waals surface area (Å²) in [6.07, 6.45) is 1.12. The summed E-state index contributed by atoms with van der Waals surface area (Å²) in [7, 11) is 0. The molecule has 0 aliphatic rings. The molecule has 0 unspecified atom stereocenters. The van der Waals surface area contributed by atoms with Gasteiger partial charge in [-0.3, -0.25) is 4.72 Å². The fraction of sp³-hybridized carbons (Fsp3) is 0.400. The zero-order valence-corrected chi connectivity index (χ0v) is 5.86. The van der Waals surface area contributed by atoms with Crippen molar-refractivity contribution in [2.24, 2.45) is 0 Å². The summed E-state index contributed by atoms with van der Waals surface area (Å²) in [5.74, 6) is -0.404. The van der Waals surface area contributed by atoms with Crippen LogP contribution in [0.25, 0.3) is 0 Å². The number of ether oxygens (including phenoxy) is 1. The quantitative estimate of drug-likeness (QED) is 0.257. The van der Waals surface area contributed by atoms with E-state index >= 15 is 0 Å². The highest BCUT2D eigenvalue weighted by atomic mass is 32.1. The molecule has 0 radical (unpaired) electrons. The smallest absolute Gasteiger partial charge is 0.330 e. The van der Waals surface area contributed by atoms with E-state index < -0.39 is 5.97 Å². The van der Waals surface area contributed by atoms with Gasteiger partial charge in [-0.25, -0.2) is 4.79 Å². The van der Waals surface area contributed by atoms with E-state index in [9.17, 15) is 4.79 Å². The minimum absolute atomic E-state index is 0.328. The van der Waals surface area contributed by atoms with Gasteiger partial charge in [0, 0.05) is 12.6 Å². The van der Waals surface area contributed by atoms with Crippen LogP contribution >= 0.6 is 12.8 Å². The Bertz CT molecular complexity index is 105. The van der Waals surface area contributed by atoms with Crippen LogP contribution in [0.5, 0.6) is 0 Å². The lowest BCUT2D eigenvalue weighted by Gasteiger charge is -1.97. The van der Waals surface area contributed by atoms with Crippen molar-refractivity contribution in [1.29, 1.82) is 0 Å². The van der Waals surface area contributed by atoms with Crippen molar-refractivity contribution in [2.75, 3.05) is 13.2 Å². The Kier molecular flexibility index (Phi) is 5.35. The van der Waals surface area contributed by atoms with Crippen LogP contribution in [0.15, 0.2) is 12.7 Å². The first kappa shape index (κ1) is 8.52. The molecule has 0 atom stereocenters. The fourth-order valence-electron chi connectivity index (χ4n) is 0.256. The number of thiol groups is 1. The maximum atomic E-state index is 10.3. The van der Waals surface area contributed by atoms with Gasteiger partial charge in [0.05, 0.1) is 0 Å². The number of hydrogen-bond acceptors (Lipinski definition) is 4. The van der Waals surface area contributed by atoms with Crippen LogP contribution in [-0.4, -0.2) is 19.1 Å². The summed E-state index contributed by atoms with van der Waals surface area (Å²) >= 11 is 3.69. The van der Waals surface area contributed by atoms with Gasteiger partial charge >= 0.3 is 5.97 Å². The van der Waals surface area contributed by atoms with E-state index in [1.807, 2.05) is 0 Å². The van der Waals surface area contributed by atoms with Gasteiger partial charge in [-0.1, -0.05) is 19.4 Å². The van der Waals surface area contributed by atoms with E-state index in [2.05, 4.69) is 28.9 Å². The van der Waals surface area contributed by atoms with Crippen molar-refractivity contribution in [2.45, 2.75) is 0 Å². The van der Waals surface area contributed by atoms with E-state index in [4.69, 9.17) is 0 Å².